The summed E-state index contributed by atoms with van der Waals surface area (Å²) >= 11 is 3.43. The fourth-order valence-corrected chi connectivity index (χ4v) is 3.16. The van der Waals surface area contributed by atoms with Gasteiger partial charge in [0.25, 0.3) is 0 Å². The zero-order valence-electron chi connectivity index (χ0n) is 10.2. The van der Waals surface area contributed by atoms with Gasteiger partial charge in [0.2, 0.25) is 0 Å². The molecule has 0 saturated carbocycles. The van der Waals surface area contributed by atoms with Crippen LogP contribution in [-0.4, -0.2) is 10.2 Å². The monoisotopic (exact) mass is 317 g/mol. The molecule has 4 N–H and O–H groups in total. The van der Waals surface area contributed by atoms with Crippen molar-refractivity contribution >= 4 is 43.2 Å². The highest BCUT2D eigenvalue weighted by atomic mass is 79.9. The summed E-state index contributed by atoms with van der Waals surface area (Å²) < 4.78 is 0.716. The number of nitrogen functional groups attached to an aromatic ring is 1. The van der Waals surface area contributed by atoms with Crippen molar-refractivity contribution in [2.24, 2.45) is 0 Å². The van der Waals surface area contributed by atoms with Crippen LogP contribution in [0.3, 0.4) is 0 Å². The Bertz CT molecular complexity index is 828. The average molecular weight is 318 g/mol. The first-order valence-electron chi connectivity index (χ1n) is 5.83. The molecule has 3 rings (SSSR count). The predicted octanol–water partition coefficient (Wildman–Crippen LogP) is 4.06. The molecule has 0 aromatic heterocycles. The van der Waals surface area contributed by atoms with Crippen LogP contribution in [0.1, 0.15) is 5.56 Å². The SMILES string of the molecule is Cc1cc(Br)c2c(O)c3ccccc3c(O)c2c1N. The minimum atomic E-state index is 0.102. The van der Waals surface area contributed by atoms with Gasteiger partial charge in [-0.05, 0) is 18.6 Å². The third-order valence-corrected chi connectivity index (χ3v) is 4.06. The molecule has 3 aromatic carbocycles. The standard InChI is InChI=1S/C15H12BrNO2/c1-7-6-10(16)11-12(13(7)17)15(19)9-5-3-2-4-8(9)14(11)18/h2-6,18-19H,17H2,1H3. The first-order chi connectivity index (χ1) is 9.02. The molecule has 19 heavy (non-hydrogen) atoms. The van der Waals surface area contributed by atoms with Crippen molar-refractivity contribution in [2.45, 2.75) is 6.92 Å². The summed E-state index contributed by atoms with van der Waals surface area (Å²) in [6.45, 7) is 1.87. The van der Waals surface area contributed by atoms with E-state index in [2.05, 4.69) is 15.9 Å². The number of fused-ring (bicyclic) bond motifs is 2. The summed E-state index contributed by atoms with van der Waals surface area (Å²) in [5.74, 6) is 0.229. The number of benzene rings is 3. The summed E-state index contributed by atoms with van der Waals surface area (Å²) in [6.07, 6.45) is 0. The second-order valence-corrected chi connectivity index (χ2v) is 5.44. The molecule has 0 fully saturated rings. The molecule has 0 spiro atoms. The van der Waals surface area contributed by atoms with Gasteiger partial charge in [-0.1, -0.05) is 40.2 Å². The molecule has 4 heteroatoms. The largest absolute Gasteiger partial charge is 0.507 e. The lowest BCUT2D eigenvalue weighted by Gasteiger charge is -2.14. The second-order valence-electron chi connectivity index (χ2n) is 4.58. The molecule has 0 aliphatic rings. The lowest BCUT2D eigenvalue weighted by atomic mass is 9.97. The van der Waals surface area contributed by atoms with Crippen LogP contribution < -0.4 is 5.73 Å². The maximum absolute atomic E-state index is 10.5. The van der Waals surface area contributed by atoms with Gasteiger partial charge in [-0.25, -0.2) is 0 Å². The van der Waals surface area contributed by atoms with Crippen LogP contribution >= 0.6 is 15.9 Å². The Morgan fingerprint density at radius 3 is 2.11 bits per heavy atom. The average Bonchev–Trinajstić information content (AvgIpc) is 2.40. The lowest BCUT2D eigenvalue weighted by molar-refractivity contribution is 0.478. The third kappa shape index (κ3) is 1.56. The Labute approximate surface area is 118 Å². The fourth-order valence-electron chi connectivity index (χ4n) is 2.43. The second kappa shape index (κ2) is 4.03. The molecule has 0 amide bonds. The zero-order chi connectivity index (χ0) is 13.7. The molecule has 96 valence electrons. The Kier molecular flexibility index (Phi) is 2.57. The highest BCUT2D eigenvalue weighted by molar-refractivity contribution is 9.10. The van der Waals surface area contributed by atoms with Gasteiger partial charge < -0.3 is 15.9 Å². The Balaban J connectivity index is 2.72. The van der Waals surface area contributed by atoms with Crippen molar-refractivity contribution in [3.63, 3.8) is 0 Å². The molecule has 0 radical (unpaired) electrons. The number of hydrogen-bond acceptors (Lipinski definition) is 3. The zero-order valence-corrected chi connectivity index (χ0v) is 11.8. The number of anilines is 1. The molecule has 3 aromatic rings. The number of phenolic OH excluding ortho intramolecular Hbond substituents is 2. The highest BCUT2D eigenvalue weighted by Gasteiger charge is 2.18. The van der Waals surface area contributed by atoms with E-state index < -0.39 is 0 Å². The number of phenols is 2. The maximum atomic E-state index is 10.5. The maximum Gasteiger partial charge on any atom is 0.133 e. The van der Waals surface area contributed by atoms with Crippen molar-refractivity contribution in [1.82, 2.24) is 0 Å². The topological polar surface area (TPSA) is 66.5 Å². The van der Waals surface area contributed by atoms with Gasteiger partial charge in [-0.15, -0.1) is 0 Å². The van der Waals surface area contributed by atoms with E-state index in [-0.39, 0.29) is 11.5 Å². The Hall–Kier alpha value is -1.94. The lowest BCUT2D eigenvalue weighted by Crippen LogP contribution is -1.93. The number of rotatable bonds is 0. The summed E-state index contributed by atoms with van der Waals surface area (Å²) in [5.41, 5.74) is 7.39. The number of aromatic hydroxyl groups is 2. The number of nitrogens with two attached hydrogens (primary N) is 1. The van der Waals surface area contributed by atoms with Crippen LogP contribution in [-0.2, 0) is 0 Å². The molecule has 0 bridgehead atoms. The summed E-state index contributed by atoms with van der Waals surface area (Å²) in [6, 6.07) is 9.00. The molecule has 0 saturated heterocycles. The molecule has 0 unspecified atom stereocenters. The van der Waals surface area contributed by atoms with Crippen LogP contribution in [0.4, 0.5) is 5.69 Å². The number of halogens is 1. The van der Waals surface area contributed by atoms with Gasteiger partial charge in [-0.2, -0.15) is 0 Å². The first-order valence-corrected chi connectivity index (χ1v) is 6.62. The van der Waals surface area contributed by atoms with Crippen LogP contribution in [0.5, 0.6) is 11.5 Å². The molecular formula is C15H12BrNO2. The minimum absolute atomic E-state index is 0.102. The van der Waals surface area contributed by atoms with Gasteiger partial charge in [0.05, 0.1) is 5.39 Å². The van der Waals surface area contributed by atoms with Crippen LogP contribution in [0, 0.1) is 6.92 Å². The van der Waals surface area contributed by atoms with E-state index in [1.54, 1.807) is 12.1 Å². The predicted molar refractivity (Wildman–Crippen MR) is 81.6 cm³/mol. The Morgan fingerprint density at radius 2 is 1.53 bits per heavy atom. The van der Waals surface area contributed by atoms with E-state index in [1.807, 2.05) is 25.1 Å². The van der Waals surface area contributed by atoms with Gasteiger partial charge in [0.15, 0.2) is 0 Å². The van der Waals surface area contributed by atoms with E-state index in [4.69, 9.17) is 5.73 Å². The van der Waals surface area contributed by atoms with E-state index in [1.165, 1.54) is 0 Å². The van der Waals surface area contributed by atoms with E-state index in [9.17, 15) is 10.2 Å². The minimum Gasteiger partial charge on any atom is -0.507 e. The third-order valence-electron chi connectivity index (χ3n) is 3.44. The van der Waals surface area contributed by atoms with Gasteiger partial charge in [0.1, 0.15) is 11.5 Å². The first kappa shape index (κ1) is 12.1. The Morgan fingerprint density at radius 1 is 1.00 bits per heavy atom. The molecule has 3 nitrogen and oxygen atoms in total. The van der Waals surface area contributed by atoms with Gasteiger partial charge in [0, 0.05) is 26.3 Å². The van der Waals surface area contributed by atoms with Gasteiger partial charge >= 0.3 is 0 Å². The number of hydrogen-bond donors (Lipinski definition) is 3. The highest BCUT2D eigenvalue weighted by Crippen LogP contribution is 2.47. The van der Waals surface area contributed by atoms with E-state index in [0.29, 0.717) is 31.7 Å². The summed E-state index contributed by atoms with van der Waals surface area (Å²) in [5, 5.41) is 23.1. The summed E-state index contributed by atoms with van der Waals surface area (Å²) in [7, 11) is 0. The van der Waals surface area contributed by atoms with Crippen molar-refractivity contribution in [1.29, 1.82) is 0 Å². The fraction of sp³-hybridized carbons (Fsp3) is 0.0667. The van der Waals surface area contributed by atoms with E-state index in [0.717, 1.165) is 5.56 Å². The van der Waals surface area contributed by atoms with Gasteiger partial charge in [-0.3, -0.25) is 0 Å². The summed E-state index contributed by atoms with van der Waals surface area (Å²) in [4.78, 5) is 0. The van der Waals surface area contributed by atoms with Crippen LogP contribution in [0.15, 0.2) is 34.8 Å². The molecular weight excluding hydrogens is 306 g/mol. The smallest absolute Gasteiger partial charge is 0.133 e. The molecule has 0 aliphatic heterocycles. The van der Waals surface area contributed by atoms with Crippen molar-refractivity contribution in [3.8, 4) is 11.5 Å². The quantitative estimate of drug-likeness (QED) is 0.333. The molecule has 0 aliphatic carbocycles. The van der Waals surface area contributed by atoms with Crippen molar-refractivity contribution in [3.05, 3.63) is 40.4 Å². The van der Waals surface area contributed by atoms with E-state index >= 15 is 0 Å². The number of aryl methyl sites for hydroxylation is 1. The molecule has 0 atom stereocenters. The van der Waals surface area contributed by atoms with Crippen molar-refractivity contribution < 1.29 is 10.2 Å². The normalized spacial score (nSPS) is 11.3. The van der Waals surface area contributed by atoms with Crippen LogP contribution in [0.2, 0.25) is 0 Å². The molecule has 0 heterocycles. The van der Waals surface area contributed by atoms with Crippen molar-refractivity contribution in [2.75, 3.05) is 5.73 Å². The van der Waals surface area contributed by atoms with Crippen LogP contribution in [0.25, 0.3) is 21.5 Å².